The van der Waals surface area contributed by atoms with Gasteiger partial charge in [-0.2, -0.15) is 4.98 Å². The molecule has 0 spiro atoms. The van der Waals surface area contributed by atoms with Crippen LogP contribution in [0.5, 0.6) is 5.75 Å². The number of carbonyl (C=O) groups excluding carboxylic acids is 5. The number of hydrogen-bond acceptors (Lipinski definition) is 21. The molecule has 790 valence electrons. The first-order chi connectivity index (χ1) is 68.0. The van der Waals surface area contributed by atoms with Crippen LogP contribution in [0.2, 0.25) is 66.3 Å². The minimum absolute atomic E-state index is 0. The van der Waals surface area contributed by atoms with E-state index in [1.165, 1.54) is 38.5 Å². The molecule has 30 nitrogen and oxygen atoms in total. The number of phenolic OH excluding ortho intramolecular Hbond substituents is 1. The first-order valence-electron chi connectivity index (χ1n) is 44.8. The Morgan fingerprint density at radius 1 is 0.514 bits per heavy atom. The number of aromatic nitrogens is 9. The molecule has 49 heteroatoms. The summed E-state index contributed by atoms with van der Waals surface area (Å²) in [6, 6.07) is 33.1. The van der Waals surface area contributed by atoms with Crippen molar-refractivity contribution in [1.29, 1.82) is 0 Å². The van der Waals surface area contributed by atoms with Gasteiger partial charge < -0.3 is 61.2 Å². The number of aromatic hydroxyl groups is 1. The first kappa shape index (κ1) is 129. The molecule has 2 aliphatic rings. The van der Waals surface area contributed by atoms with E-state index in [1.807, 2.05) is 169 Å². The van der Waals surface area contributed by atoms with Crippen LogP contribution in [0.15, 0.2) is 136 Å². The van der Waals surface area contributed by atoms with Crippen molar-refractivity contribution in [1.82, 2.24) is 64.5 Å². The van der Waals surface area contributed by atoms with E-state index in [1.54, 1.807) is 15.9 Å². The Labute approximate surface area is 960 Å². The number of piperazine rings is 2. The van der Waals surface area contributed by atoms with E-state index >= 15 is 0 Å². The number of benzene rings is 5. The van der Waals surface area contributed by atoms with Gasteiger partial charge >= 0.3 is 94.2 Å². The number of H-pyrrole nitrogens is 1. The Hall–Kier alpha value is -9.10. The molecular formula is C99H108BCl13F4KN17O13. The molecule has 148 heavy (non-hydrogen) atoms. The van der Waals surface area contributed by atoms with Crippen molar-refractivity contribution in [3.63, 3.8) is 0 Å². The average molecular weight is 2330 g/mol. The molecule has 14 rings (SSSR count). The number of urea groups is 1. The Balaban J connectivity index is 0.000000310. The van der Waals surface area contributed by atoms with Crippen LogP contribution in [0.3, 0.4) is 0 Å². The number of fused-ring (bicyclic) bond motifs is 2. The maximum Gasteiger partial charge on any atom is 1.00 e. The van der Waals surface area contributed by atoms with Gasteiger partial charge in [0.2, 0.25) is 0 Å². The number of aromatic carboxylic acids is 1. The Morgan fingerprint density at radius 3 is 1.36 bits per heavy atom. The van der Waals surface area contributed by atoms with E-state index in [2.05, 4.69) is 97.6 Å². The van der Waals surface area contributed by atoms with Gasteiger partial charge in [0.05, 0.1) is 69.4 Å². The fourth-order valence-corrected chi connectivity index (χ4v) is 16.6. The second-order valence-electron chi connectivity index (χ2n) is 36.3. The number of anilines is 3. The SMILES string of the molecule is C[C@H]1CN(C(=O)OC(C)(C)C)CCN1.Cc1cccc(C(C)C)c1-n1c(=O)[nH]c(=O)c2cc(Cl)c(Cl)nc21.Cc1cccc(C(C)C)c1-n1c(=O)nc(N2CCN(C(=O)OC(C)(C)C)C[C@@H]2C)c2cc(Cl)c(Cl)nc21.Cc1cccc(C(C)C)c1N.Cc1cccc(C(C)C)c1NC(=O)NC(=O)c1cc(Cl)c(Cl)nc1Cl.NC(=O)c1cc(Cl)c(Cl)nc1Cl.O=C(O)c1cc(Cl)c(Cl)nc1Cl.Oc1cccc(F)c1B(F)F.[F-].[K+]. The van der Waals surface area contributed by atoms with Crippen LogP contribution in [-0.4, -0.2) is 170 Å². The van der Waals surface area contributed by atoms with Gasteiger partial charge in [-0.25, -0.2) is 67.2 Å². The van der Waals surface area contributed by atoms with Crippen molar-refractivity contribution in [2.24, 2.45) is 5.73 Å². The standard InChI is InChI=1S/C27H33Cl2N5O3.C17H16Cl3N3O2.C17H15Cl2N3O2.C10H20N2O2.C10H15N.C6H4BF3O.C6H3Cl3N2O.C6H2Cl3NO2.FH.K/c1-15(2)18-10-8-9-16(3)21(18)34-24-19(13-20(28)22(29)30-24)23(31-25(34)35)33-12-11-32(14-17(33)4)26(36)37-27(5,6)7;1-8(2)10-6-4-5-9(3)13(10)21-17(25)23-16(24)11-7-12(18)15(20)22-14(11)19;1-8(2)10-6-4-5-9(3)13(10)22-15-11(16(23)21-17(22)24)7-12(18)14(19)20-15;1-8-7-12(6-5-11-8)9(13)14-10(2,3)4;1-7(2)9-6-4-5-8(3)10(9)11;8-4-2-1-3-5(11)6(4)7(9)10;7-3-1-2(6(10)12)4(8)11-5(3)9;7-3-1-2(6(11)12)4(8)10-5(3)9;;/h8-10,13,15,17H,11-12,14H2,1-7H3;4-8H,1-3H3,(H2,21,23,24,25);4-8H,1-3H3,(H,21,23,24);8,11H,5-7H2,1-4H3;4-7H,11H2,1-3H3;1-3,11H;1H,(H2,10,12);1H,(H,11,12);1H;/q;;;;;;;;;+1/p-1/t17-;;;8-;;;;;;/m0..0....../s1. The molecule has 7 aromatic heterocycles. The Bertz CT molecular complexity index is 6950. The van der Waals surface area contributed by atoms with Crippen molar-refractivity contribution in [2.75, 3.05) is 55.2 Å². The summed E-state index contributed by atoms with van der Waals surface area (Å²) in [5, 5.41) is 26.9. The third kappa shape index (κ3) is 35.8. The van der Waals surface area contributed by atoms with Crippen LogP contribution in [0.4, 0.5) is 44.6 Å². The van der Waals surface area contributed by atoms with Crippen LogP contribution < -0.4 is 111 Å². The molecule has 2 aliphatic heterocycles. The van der Waals surface area contributed by atoms with Gasteiger partial charge in [-0.1, -0.05) is 285 Å². The third-order valence-corrected chi connectivity index (χ3v) is 25.6. The van der Waals surface area contributed by atoms with Crippen LogP contribution in [-0.2, 0) is 9.47 Å². The molecule has 0 saturated carbocycles. The summed E-state index contributed by atoms with van der Waals surface area (Å²) in [6.45, 7) is 43.2. The summed E-state index contributed by atoms with van der Waals surface area (Å²) < 4.78 is 50.0. The fraction of sp³-hybridized carbons (Fsp3) is 0.343. The zero-order valence-electron chi connectivity index (χ0n) is 84.2. The number of aromatic amines is 1. The predicted octanol–water partition coefficient (Wildman–Crippen LogP) is 19.2. The predicted molar refractivity (Wildman–Crippen MR) is 581 cm³/mol. The summed E-state index contributed by atoms with van der Waals surface area (Å²) in [4.78, 5) is 140. The van der Waals surface area contributed by atoms with E-state index in [4.69, 9.17) is 182 Å². The van der Waals surface area contributed by atoms with E-state index in [0.29, 0.717) is 59.8 Å². The van der Waals surface area contributed by atoms with Crippen LogP contribution in [0.25, 0.3) is 33.4 Å². The number of nitrogens with zero attached hydrogens (tertiary/aromatic N) is 11. The van der Waals surface area contributed by atoms with E-state index < -0.39 is 76.3 Å². The van der Waals surface area contributed by atoms with E-state index in [9.17, 15) is 56.2 Å². The summed E-state index contributed by atoms with van der Waals surface area (Å²) in [7, 11) is -2.98. The number of imide groups is 1. The summed E-state index contributed by atoms with van der Waals surface area (Å²) in [6.07, 6.45) is -0.560. The van der Waals surface area contributed by atoms with Gasteiger partial charge in [-0.05, 0) is 194 Å². The maximum absolute atomic E-state index is 13.7. The van der Waals surface area contributed by atoms with Gasteiger partial charge in [-0.15, -0.1) is 0 Å². The number of phenols is 1. The molecule has 0 radical (unpaired) electrons. The number of nitrogen functional groups attached to an aromatic ring is 1. The minimum atomic E-state index is -2.98. The van der Waals surface area contributed by atoms with Gasteiger partial charge in [0.1, 0.15) is 69.8 Å². The number of carboxylic acids is 1. The third-order valence-electron chi connectivity index (χ3n) is 21.4. The molecule has 0 bridgehead atoms. The number of hydrogen-bond donors (Lipinski definition) is 8. The molecule has 0 unspecified atom stereocenters. The van der Waals surface area contributed by atoms with Crippen LogP contribution in [0, 0.1) is 33.5 Å². The smallest absolute Gasteiger partial charge is 1.00 e. The van der Waals surface area contributed by atoms with Crippen molar-refractivity contribution >= 4 is 239 Å². The maximum atomic E-state index is 13.7. The molecule has 9 heterocycles. The molecule has 10 N–H and O–H groups in total. The topological polar surface area (TPSA) is 413 Å². The number of ether oxygens (including phenoxy) is 2. The van der Waals surface area contributed by atoms with Crippen molar-refractivity contribution in [3.05, 3.63) is 286 Å². The number of halogens is 17. The second-order valence-corrected chi connectivity index (χ2v) is 41.2. The van der Waals surface area contributed by atoms with Crippen molar-refractivity contribution < 1.29 is 118 Å². The zero-order valence-corrected chi connectivity index (χ0v) is 97.2. The van der Waals surface area contributed by atoms with Crippen molar-refractivity contribution in [2.45, 2.75) is 185 Å². The number of aryl methyl sites for hydroxylation is 4. The summed E-state index contributed by atoms with van der Waals surface area (Å²) >= 11 is 75.3. The van der Waals surface area contributed by atoms with Gasteiger partial charge in [0.15, 0.2) is 11.3 Å². The Morgan fingerprint density at radius 2 is 0.919 bits per heavy atom. The van der Waals surface area contributed by atoms with Gasteiger partial charge in [0.25, 0.3) is 17.4 Å². The quantitative estimate of drug-likeness (QED) is 0.0244. The molecule has 0 aliphatic carbocycles. The number of carboxylic acid groups (broad SMARTS) is 1. The average Bonchev–Trinajstić information content (AvgIpc) is 0.739. The van der Waals surface area contributed by atoms with Crippen molar-refractivity contribution in [3.8, 4) is 17.1 Å². The normalized spacial score (nSPS) is 13.1. The number of nitrogens with one attached hydrogen (secondary N) is 4. The number of para-hydroxylation sites is 4. The summed E-state index contributed by atoms with van der Waals surface area (Å²) in [5.74, 6) is -2.85. The molecule has 12 aromatic rings. The van der Waals surface area contributed by atoms with Crippen LogP contribution >= 0.6 is 151 Å². The number of nitrogens with two attached hydrogens (primary N) is 2. The van der Waals surface area contributed by atoms with Crippen LogP contribution in [0.1, 0.15) is 210 Å². The Kier molecular flexibility index (Phi) is 50.3. The molecule has 6 amide bonds. The molecule has 2 atom stereocenters. The van der Waals surface area contributed by atoms with E-state index in [-0.39, 0.29) is 186 Å². The number of pyridine rings is 5. The number of carbonyl (C=O) groups is 6. The number of primary amides is 1. The fourth-order valence-electron chi connectivity index (χ4n) is 14.3. The molecule has 5 aromatic carbocycles. The molecular weight excluding hydrogens is 2220 g/mol. The monoisotopic (exact) mass is 2320 g/mol. The number of rotatable bonds is 12. The molecule has 2 fully saturated rings. The first-order valence-corrected chi connectivity index (χ1v) is 49.7. The largest absolute Gasteiger partial charge is 1.00 e. The summed E-state index contributed by atoms with van der Waals surface area (Å²) in [5.41, 5.74) is 19.0. The second kappa shape index (κ2) is 57.6. The minimum Gasteiger partial charge on any atom is -1.00 e. The van der Waals surface area contributed by atoms with E-state index in [0.717, 1.165) is 88.7 Å². The number of amides is 6. The zero-order chi connectivity index (χ0) is 110. The molecule has 2 saturated heterocycles. The van der Waals surface area contributed by atoms with Gasteiger partial charge in [-0.3, -0.25) is 33.3 Å². The van der Waals surface area contributed by atoms with Gasteiger partial charge in [0, 0.05) is 62.7 Å².